The average Bonchev–Trinajstić information content (AvgIpc) is 2.86. The molecule has 0 unspecified atom stereocenters. The van der Waals surface area contributed by atoms with Gasteiger partial charge in [-0.1, -0.05) is 12.1 Å². The fourth-order valence-electron chi connectivity index (χ4n) is 3.10. The summed E-state index contributed by atoms with van der Waals surface area (Å²) in [4.78, 5) is 60.8. The number of hydrogen-bond donors (Lipinski definition) is 5. The van der Waals surface area contributed by atoms with Gasteiger partial charge in [-0.15, -0.1) is 0 Å². The number of carbonyl (C=O) groups excluding carboxylic acids is 5. The van der Waals surface area contributed by atoms with Gasteiger partial charge in [0.25, 0.3) is 23.6 Å². The second-order valence-electron chi connectivity index (χ2n) is 7.32. The number of nitrogens with one attached hydrogen (secondary N) is 4. The Morgan fingerprint density at radius 3 is 1.85 bits per heavy atom. The van der Waals surface area contributed by atoms with E-state index >= 15 is 0 Å². The van der Waals surface area contributed by atoms with E-state index in [4.69, 9.17) is 5.21 Å². The zero-order valence-electron chi connectivity index (χ0n) is 18.3. The summed E-state index contributed by atoms with van der Waals surface area (Å²) in [6, 6.07) is 12.2. The largest absolute Gasteiger partial charge is 0.350 e. The highest BCUT2D eigenvalue weighted by Gasteiger charge is 2.25. The number of rotatable bonds is 7. The highest BCUT2D eigenvalue weighted by Crippen LogP contribution is 2.14. The molecule has 1 aliphatic rings. The van der Waals surface area contributed by atoms with Crippen LogP contribution in [0.3, 0.4) is 0 Å². The summed E-state index contributed by atoms with van der Waals surface area (Å²) in [5.41, 5.74) is 3.30. The van der Waals surface area contributed by atoms with Gasteiger partial charge in [-0.3, -0.25) is 29.2 Å². The minimum absolute atomic E-state index is 0.0398. The van der Waals surface area contributed by atoms with Crippen molar-refractivity contribution in [3.05, 3.63) is 76.5 Å². The topological polar surface area (TPSA) is 157 Å². The van der Waals surface area contributed by atoms with Crippen LogP contribution in [0, 0.1) is 0 Å². The van der Waals surface area contributed by atoms with E-state index in [1.807, 2.05) is 0 Å². The van der Waals surface area contributed by atoms with Crippen LogP contribution >= 0.6 is 0 Å². The number of amides is 5. The Balaban J connectivity index is 1.48. The van der Waals surface area contributed by atoms with Gasteiger partial charge in [-0.25, -0.2) is 5.48 Å². The summed E-state index contributed by atoms with van der Waals surface area (Å²) in [7, 11) is 1.53. The van der Waals surface area contributed by atoms with Gasteiger partial charge in [-0.2, -0.15) is 0 Å². The van der Waals surface area contributed by atoms with Crippen LogP contribution in [-0.4, -0.2) is 66.3 Å². The average molecular weight is 465 g/mol. The van der Waals surface area contributed by atoms with Crippen LogP contribution in [0.4, 0.5) is 0 Å². The molecule has 2 aromatic carbocycles. The second-order valence-corrected chi connectivity index (χ2v) is 7.32. The Morgan fingerprint density at radius 1 is 0.882 bits per heavy atom. The first-order valence-corrected chi connectivity index (χ1v) is 10.3. The molecule has 0 aliphatic carbocycles. The number of hydrogen-bond acceptors (Lipinski definition) is 6. The van der Waals surface area contributed by atoms with Crippen LogP contribution in [-0.2, 0) is 9.59 Å². The molecule has 34 heavy (non-hydrogen) atoms. The van der Waals surface area contributed by atoms with E-state index in [1.165, 1.54) is 41.7 Å². The van der Waals surface area contributed by atoms with Crippen molar-refractivity contribution in [1.82, 2.24) is 26.3 Å². The first-order valence-electron chi connectivity index (χ1n) is 10.3. The van der Waals surface area contributed by atoms with Gasteiger partial charge >= 0.3 is 0 Å². The van der Waals surface area contributed by atoms with Gasteiger partial charge < -0.3 is 20.9 Å². The number of benzene rings is 2. The number of carbonyl (C=O) groups is 5. The maximum atomic E-state index is 12.3. The van der Waals surface area contributed by atoms with Crippen LogP contribution in [0.15, 0.2) is 54.2 Å². The molecule has 5 N–H and O–H groups in total. The predicted octanol–water partition coefficient (Wildman–Crippen LogP) is -0.105. The Kier molecular flexibility index (Phi) is 7.72. The maximum absolute atomic E-state index is 12.3. The van der Waals surface area contributed by atoms with Crippen molar-refractivity contribution in [1.29, 1.82) is 0 Å². The van der Waals surface area contributed by atoms with Crippen LogP contribution < -0.4 is 21.4 Å². The predicted molar refractivity (Wildman–Crippen MR) is 121 cm³/mol. The van der Waals surface area contributed by atoms with Crippen LogP contribution in [0.2, 0.25) is 0 Å². The third-order valence-electron chi connectivity index (χ3n) is 5.05. The van der Waals surface area contributed by atoms with Crippen LogP contribution in [0.5, 0.6) is 0 Å². The summed E-state index contributed by atoms with van der Waals surface area (Å²) >= 11 is 0. The van der Waals surface area contributed by atoms with Crippen molar-refractivity contribution < 1.29 is 29.2 Å². The molecule has 0 radical (unpaired) electrons. The van der Waals surface area contributed by atoms with Crippen molar-refractivity contribution in [2.75, 3.05) is 26.7 Å². The van der Waals surface area contributed by atoms with E-state index in [-0.39, 0.29) is 54.5 Å². The Hall–Kier alpha value is -4.51. The minimum Gasteiger partial charge on any atom is -0.350 e. The Labute approximate surface area is 194 Å². The number of hydroxylamine groups is 1. The molecular formula is C23H23N5O6. The Morgan fingerprint density at radius 2 is 1.35 bits per heavy atom. The van der Waals surface area contributed by atoms with Crippen molar-refractivity contribution in [2.24, 2.45) is 0 Å². The monoisotopic (exact) mass is 465 g/mol. The number of nitrogens with zero attached hydrogens (tertiary/aromatic N) is 1. The highest BCUT2D eigenvalue weighted by atomic mass is 16.5. The lowest BCUT2D eigenvalue weighted by Gasteiger charge is -2.25. The van der Waals surface area contributed by atoms with Crippen LogP contribution in [0.1, 0.15) is 36.6 Å². The summed E-state index contributed by atoms with van der Waals surface area (Å²) in [5, 5.41) is 16.4. The molecule has 3 rings (SSSR count). The lowest BCUT2D eigenvalue weighted by atomic mass is 10.1. The molecule has 1 fully saturated rings. The van der Waals surface area contributed by atoms with Gasteiger partial charge in [0.2, 0.25) is 5.91 Å². The molecule has 1 aliphatic heterocycles. The molecule has 0 saturated carbocycles. The third kappa shape index (κ3) is 5.84. The normalized spacial score (nSPS) is 14.4. The van der Waals surface area contributed by atoms with E-state index < -0.39 is 5.91 Å². The standard InChI is InChI=1S/C23H23N5O6/c1-28-18(23(33)26-13-19(28)29)12-14-2-4-15(5-3-14)20(30)24-10-11-25-21(31)16-6-8-17(9-7-16)22(32)27-34/h2-9,12,34H,10-11,13H2,1H3,(H,24,30)(H,25,31)(H,26,33)(H,27,32)/b18-12-. The highest BCUT2D eigenvalue weighted by molar-refractivity contribution is 6.06. The molecule has 11 nitrogen and oxygen atoms in total. The van der Waals surface area contributed by atoms with Crippen molar-refractivity contribution >= 4 is 35.6 Å². The summed E-state index contributed by atoms with van der Waals surface area (Å²) in [6.45, 7) is 0.333. The fourth-order valence-corrected chi connectivity index (χ4v) is 3.10. The van der Waals surface area contributed by atoms with Gasteiger partial charge in [0.15, 0.2) is 0 Å². The molecule has 5 amide bonds. The SMILES string of the molecule is CN1C(=O)CNC(=O)/C1=C/c1ccc(C(=O)NCCNC(=O)c2ccc(C(=O)NO)cc2)cc1. The quantitative estimate of drug-likeness (QED) is 0.166. The van der Waals surface area contributed by atoms with Crippen LogP contribution in [0.25, 0.3) is 6.08 Å². The number of piperazine rings is 1. The molecule has 11 heteroatoms. The summed E-state index contributed by atoms with van der Waals surface area (Å²) in [5.74, 6) is -1.97. The zero-order valence-corrected chi connectivity index (χ0v) is 18.3. The molecule has 0 bridgehead atoms. The summed E-state index contributed by atoms with van der Waals surface area (Å²) in [6.07, 6.45) is 1.56. The van der Waals surface area contributed by atoms with E-state index in [2.05, 4.69) is 16.0 Å². The fraction of sp³-hybridized carbons (Fsp3) is 0.174. The van der Waals surface area contributed by atoms with E-state index in [0.717, 1.165) is 0 Å². The van der Waals surface area contributed by atoms with Crippen molar-refractivity contribution in [2.45, 2.75) is 0 Å². The lowest BCUT2D eigenvalue weighted by Crippen LogP contribution is -2.47. The lowest BCUT2D eigenvalue weighted by molar-refractivity contribution is -0.135. The minimum atomic E-state index is -0.679. The molecular weight excluding hydrogens is 442 g/mol. The molecule has 176 valence electrons. The number of likely N-dealkylation sites (N-methyl/N-ethyl adjacent to an activating group) is 1. The first-order chi connectivity index (χ1) is 16.3. The summed E-state index contributed by atoms with van der Waals surface area (Å²) < 4.78 is 0. The van der Waals surface area contributed by atoms with E-state index in [0.29, 0.717) is 16.7 Å². The van der Waals surface area contributed by atoms with Gasteiger partial charge in [-0.05, 0) is 48.0 Å². The molecule has 1 saturated heterocycles. The maximum Gasteiger partial charge on any atom is 0.274 e. The molecule has 2 aromatic rings. The van der Waals surface area contributed by atoms with Crippen molar-refractivity contribution in [3.8, 4) is 0 Å². The molecule has 0 aromatic heterocycles. The van der Waals surface area contributed by atoms with Gasteiger partial charge in [0, 0.05) is 36.8 Å². The zero-order chi connectivity index (χ0) is 24.7. The van der Waals surface area contributed by atoms with E-state index in [9.17, 15) is 24.0 Å². The van der Waals surface area contributed by atoms with E-state index in [1.54, 1.807) is 30.3 Å². The van der Waals surface area contributed by atoms with Gasteiger partial charge in [0.05, 0.1) is 6.54 Å². The Bertz CT molecular complexity index is 1140. The third-order valence-corrected chi connectivity index (χ3v) is 5.05. The smallest absolute Gasteiger partial charge is 0.274 e. The van der Waals surface area contributed by atoms with Gasteiger partial charge in [0.1, 0.15) is 5.70 Å². The molecule has 0 atom stereocenters. The molecule has 1 heterocycles. The molecule has 0 spiro atoms. The first kappa shape index (κ1) is 24.1. The second kappa shape index (κ2) is 10.9. The van der Waals surface area contributed by atoms with Crippen molar-refractivity contribution in [3.63, 3.8) is 0 Å².